The number of carbonyl (C=O) groups is 3. The van der Waals surface area contributed by atoms with E-state index in [1.54, 1.807) is 62.6 Å². The standard InChI is InChI=1S/C25H21FN2O4/c1-28(2)24(30)16-8-6-14(7-9-16)20-22(15-10-12-17(26)13-11-15)27-19-5-3-4-18(25(31)32)21(19)23(20)29/h3-13,20,22,27H,1-2H3,(H,31,32). The first kappa shape index (κ1) is 21.2. The Morgan fingerprint density at radius 1 is 0.938 bits per heavy atom. The van der Waals surface area contributed by atoms with Crippen molar-refractivity contribution in [3.8, 4) is 0 Å². The molecule has 0 aromatic heterocycles. The first-order valence-corrected chi connectivity index (χ1v) is 10.0. The Kier molecular flexibility index (Phi) is 5.48. The second kappa shape index (κ2) is 8.26. The lowest BCUT2D eigenvalue weighted by atomic mass is 9.77. The van der Waals surface area contributed by atoms with Crippen molar-refractivity contribution < 1.29 is 23.9 Å². The molecule has 3 aromatic rings. The molecule has 0 saturated carbocycles. The summed E-state index contributed by atoms with van der Waals surface area (Å²) in [7, 11) is 3.31. The van der Waals surface area contributed by atoms with Crippen LogP contribution in [0.1, 0.15) is 54.2 Å². The predicted octanol–water partition coefficient (Wildman–Crippen LogP) is 4.36. The van der Waals surface area contributed by atoms with E-state index in [1.807, 2.05) is 0 Å². The van der Waals surface area contributed by atoms with Gasteiger partial charge in [-0.3, -0.25) is 9.59 Å². The van der Waals surface area contributed by atoms with Crippen molar-refractivity contribution >= 4 is 23.3 Å². The van der Waals surface area contributed by atoms with E-state index in [0.29, 0.717) is 22.4 Å². The number of halogens is 1. The van der Waals surface area contributed by atoms with E-state index in [-0.39, 0.29) is 22.8 Å². The minimum atomic E-state index is -1.19. The van der Waals surface area contributed by atoms with Crippen LogP contribution in [0.3, 0.4) is 0 Å². The summed E-state index contributed by atoms with van der Waals surface area (Å²) >= 11 is 0. The third-order valence-electron chi connectivity index (χ3n) is 5.62. The van der Waals surface area contributed by atoms with Gasteiger partial charge in [-0.25, -0.2) is 9.18 Å². The minimum Gasteiger partial charge on any atom is -0.478 e. The first-order valence-electron chi connectivity index (χ1n) is 10.0. The van der Waals surface area contributed by atoms with Crippen molar-refractivity contribution in [1.29, 1.82) is 0 Å². The average Bonchev–Trinajstić information content (AvgIpc) is 2.78. The van der Waals surface area contributed by atoms with Crippen LogP contribution in [0, 0.1) is 5.82 Å². The number of Topliss-reactive ketones (excluding diaryl/α,β-unsaturated/α-hetero) is 1. The summed E-state index contributed by atoms with van der Waals surface area (Å²) in [6, 6.07) is 16.6. The smallest absolute Gasteiger partial charge is 0.336 e. The number of nitrogens with one attached hydrogen (secondary N) is 1. The van der Waals surface area contributed by atoms with Crippen molar-refractivity contribution in [3.63, 3.8) is 0 Å². The lowest BCUT2D eigenvalue weighted by Crippen LogP contribution is -2.33. The lowest BCUT2D eigenvalue weighted by molar-refractivity contribution is 0.0690. The molecule has 2 unspecified atom stereocenters. The third kappa shape index (κ3) is 3.73. The number of hydrogen-bond donors (Lipinski definition) is 2. The molecule has 0 saturated heterocycles. The third-order valence-corrected chi connectivity index (χ3v) is 5.62. The Morgan fingerprint density at radius 3 is 2.16 bits per heavy atom. The Labute approximate surface area is 184 Å². The fourth-order valence-corrected chi connectivity index (χ4v) is 4.05. The van der Waals surface area contributed by atoms with Crippen LogP contribution in [0.25, 0.3) is 0 Å². The maximum Gasteiger partial charge on any atom is 0.336 e. The molecule has 162 valence electrons. The largest absolute Gasteiger partial charge is 0.478 e. The molecular weight excluding hydrogens is 411 g/mol. The van der Waals surface area contributed by atoms with Crippen LogP contribution in [0.15, 0.2) is 66.7 Å². The molecule has 6 nitrogen and oxygen atoms in total. The van der Waals surface area contributed by atoms with Crippen LogP contribution >= 0.6 is 0 Å². The zero-order valence-corrected chi connectivity index (χ0v) is 17.5. The normalized spacial score (nSPS) is 17.3. The molecule has 2 N–H and O–H groups in total. The van der Waals surface area contributed by atoms with Gasteiger partial charge in [0.25, 0.3) is 5.91 Å². The highest BCUT2D eigenvalue weighted by Gasteiger charge is 2.39. The van der Waals surface area contributed by atoms with E-state index in [2.05, 4.69) is 5.32 Å². The van der Waals surface area contributed by atoms with Crippen LogP contribution in [-0.2, 0) is 0 Å². The topological polar surface area (TPSA) is 86.7 Å². The maximum absolute atomic E-state index is 13.7. The number of nitrogens with zero attached hydrogens (tertiary/aromatic N) is 1. The van der Waals surface area contributed by atoms with Crippen molar-refractivity contribution in [2.45, 2.75) is 12.0 Å². The SMILES string of the molecule is CN(C)C(=O)c1ccc(C2C(=O)c3c(cccc3C(=O)O)NC2c2ccc(F)cc2)cc1. The van der Waals surface area contributed by atoms with E-state index in [4.69, 9.17) is 0 Å². The van der Waals surface area contributed by atoms with Crippen LogP contribution in [-0.4, -0.2) is 41.8 Å². The number of amides is 1. The summed E-state index contributed by atoms with van der Waals surface area (Å²) in [6.07, 6.45) is 0. The van der Waals surface area contributed by atoms with E-state index in [9.17, 15) is 23.9 Å². The number of hydrogen-bond acceptors (Lipinski definition) is 4. The summed E-state index contributed by atoms with van der Waals surface area (Å²) in [5.74, 6) is -2.87. The van der Waals surface area contributed by atoms with Gasteiger partial charge < -0.3 is 15.3 Å². The van der Waals surface area contributed by atoms with Gasteiger partial charge in [0.2, 0.25) is 0 Å². The highest BCUT2D eigenvalue weighted by molar-refractivity contribution is 6.14. The molecule has 0 spiro atoms. The van der Waals surface area contributed by atoms with Crippen LogP contribution < -0.4 is 5.32 Å². The van der Waals surface area contributed by atoms with E-state index < -0.39 is 23.7 Å². The molecule has 1 heterocycles. The fourth-order valence-electron chi connectivity index (χ4n) is 4.05. The fraction of sp³-hybridized carbons (Fsp3) is 0.160. The Bertz CT molecular complexity index is 1200. The Balaban J connectivity index is 1.84. The predicted molar refractivity (Wildman–Crippen MR) is 118 cm³/mol. The summed E-state index contributed by atoms with van der Waals surface area (Å²) in [5.41, 5.74) is 2.22. The minimum absolute atomic E-state index is 0.0815. The second-order valence-corrected chi connectivity index (χ2v) is 7.87. The number of anilines is 1. The number of carboxylic acids is 1. The van der Waals surface area contributed by atoms with Gasteiger partial charge in [0.15, 0.2) is 5.78 Å². The molecule has 1 aliphatic rings. The highest BCUT2D eigenvalue weighted by Crippen LogP contribution is 2.43. The quantitative estimate of drug-likeness (QED) is 0.640. The van der Waals surface area contributed by atoms with Gasteiger partial charge >= 0.3 is 5.97 Å². The number of carboxylic acid groups (broad SMARTS) is 1. The molecule has 1 aliphatic heterocycles. The number of fused-ring (bicyclic) bond motifs is 1. The highest BCUT2D eigenvalue weighted by atomic mass is 19.1. The zero-order chi connectivity index (χ0) is 23.0. The van der Waals surface area contributed by atoms with Crippen LogP contribution in [0.5, 0.6) is 0 Å². The van der Waals surface area contributed by atoms with E-state index >= 15 is 0 Å². The molecule has 3 aromatic carbocycles. The summed E-state index contributed by atoms with van der Waals surface area (Å²) in [4.78, 5) is 39.1. The lowest BCUT2D eigenvalue weighted by Gasteiger charge is -2.35. The van der Waals surface area contributed by atoms with Crippen LogP contribution in [0.2, 0.25) is 0 Å². The number of aromatic carboxylic acids is 1. The molecular formula is C25H21FN2O4. The molecule has 32 heavy (non-hydrogen) atoms. The number of rotatable bonds is 4. The van der Waals surface area contributed by atoms with Gasteiger partial charge in [0.1, 0.15) is 5.82 Å². The molecule has 0 bridgehead atoms. The van der Waals surface area contributed by atoms with Crippen LogP contribution in [0.4, 0.5) is 10.1 Å². The molecule has 4 rings (SSSR count). The molecule has 0 aliphatic carbocycles. The van der Waals surface area contributed by atoms with Crippen molar-refractivity contribution in [3.05, 3.63) is 100 Å². The van der Waals surface area contributed by atoms with Gasteiger partial charge in [-0.1, -0.05) is 30.3 Å². The molecule has 2 atom stereocenters. The monoisotopic (exact) mass is 432 g/mol. The molecule has 7 heteroatoms. The maximum atomic E-state index is 13.7. The Hall–Kier alpha value is -4.00. The van der Waals surface area contributed by atoms with Gasteiger partial charge in [-0.2, -0.15) is 0 Å². The van der Waals surface area contributed by atoms with Gasteiger partial charge in [0, 0.05) is 25.3 Å². The number of ketones is 1. The Morgan fingerprint density at radius 2 is 1.56 bits per heavy atom. The molecule has 1 amide bonds. The van der Waals surface area contributed by atoms with Crippen molar-refractivity contribution in [2.24, 2.45) is 0 Å². The average molecular weight is 432 g/mol. The summed E-state index contributed by atoms with van der Waals surface area (Å²) in [6.45, 7) is 0. The first-order chi connectivity index (χ1) is 15.3. The van der Waals surface area contributed by atoms with E-state index in [0.717, 1.165) is 0 Å². The summed E-state index contributed by atoms with van der Waals surface area (Å²) < 4.78 is 13.5. The van der Waals surface area contributed by atoms with Gasteiger partial charge in [-0.15, -0.1) is 0 Å². The number of carbonyl (C=O) groups excluding carboxylic acids is 2. The van der Waals surface area contributed by atoms with Gasteiger partial charge in [0.05, 0.1) is 23.1 Å². The van der Waals surface area contributed by atoms with E-state index in [1.165, 1.54) is 23.1 Å². The second-order valence-electron chi connectivity index (χ2n) is 7.87. The van der Waals surface area contributed by atoms with Gasteiger partial charge in [-0.05, 0) is 47.5 Å². The molecule has 0 radical (unpaired) electrons. The summed E-state index contributed by atoms with van der Waals surface area (Å²) in [5, 5.41) is 12.9. The van der Waals surface area contributed by atoms with Crippen molar-refractivity contribution in [1.82, 2.24) is 4.90 Å². The number of benzene rings is 3. The van der Waals surface area contributed by atoms with Crippen molar-refractivity contribution in [2.75, 3.05) is 19.4 Å². The molecule has 0 fully saturated rings. The zero-order valence-electron chi connectivity index (χ0n) is 17.5.